The highest BCUT2D eigenvalue weighted by atomic mass is 16.1. The van der Waals surface area contributed by atoms with Crippen molar-refractivity contribution in [3.05, 3.63) is 65.0 Å². The van der Waals surface area contributed by atoms with E-state index in [1.54, 1.807) is 18.3 Å². The molecule has 2 rings (SSSR count). The van der Waals surface area contributed by atoms with Gasteiger partial charge in [-0.05, 0) is 24.6 Å². The maximum absolute atomic E-state index is 12.0. The van der Waals surface area contributed by atoms with Crippen LogP contribution >= 0.6 is 0 Å². The van der Waals surface area contributed by atoms with E-state index in [0.29, 0.717) is 24.3 Å². The molecule has 0 unspecified atom stereocenters. The Kier molecular flexibility index (Phi) is 4.26. The van der Waals surface area contributed by atoms with Crippen molar-refractivity contribution in [1.82, 2.24) is 10.3 Å². The molecule has 0 radical (unpaired) electrons. The quantitative estimate of drug-likeness (QED) is 0.875. The van der Waals surface area contributed by atoms with Crippen molar-refractivity contribution in [1.29, 1.82) is 0 Å². The van der Waals surface area contributed by atoms with Crippen molar-refractivity contribution in [2.75, 3.05) is 0 Å². The van der Waals surface area contributed by atoms with Crippen LogP contribution in [0.3, 0.4) is 0 Å². The van der Waals surface area contributed by atoms with Gasteiger partial charge in [-0.3, -0.25) is 9.78 Å². The number of aryl methyl sites for hydroxylation is 1. The molecule has 0 aliphatic heterocycles. The highest BCUT2D eigenvalue weighted by Crippen LogP contribution is 2.04. The van der Waals surface area contributed by atoms with E-state index in [1.807, 2.05) is 31.2 Å². The van der Waals surface area contributed by atoms with Crippen molar-refractivity contribution in [2.24, 2.45) is 5.73 Å². The molecule has 1 aromatic heterocycles. The Labute approximate surface area is 112 Å². The van der Waals surface area contributed by atoms with E-state index in [0.717, 1.165) is 5.56 Å². The molecule has 98 valence electrons. The summed E-state index contributed by atoms with van der Waals surface area (Å²) in [5.41, 5.74) is 9.08. The number of hydrogen-bond donors (Lipinski definition) is 2. The van der Waals surface area contributed by atoms with Gasteiger partial charge < -0.3 is 11.1 Å². The van der Waals surface area contributed by atoms with Gasteiger partial charge in [-0.2, -0.15) is 0 Å². The van der Waals surface area contributed by atoms with Crippen molar-refractivity contribution >= 4 is 5.91 Å². The summed E-state index contributed by atoms with van der Waals surface area (Å²) in [6, 6.07) is 11.5. The molecule has 0 bridgehead atoms. The molecule has 1 aromatic carbocycles. The van der Waals surface area contributed by atoms with Gasteiger partial charge in [-0.15, -0.1) is 0 Å². The van der Waals surface area contributed by atoms with Gasteiger partial charge in [0.2, 0.25) is 0 Å². The van der Waals surface area contributed by atoms with Crippen molar-refractivity contribution in [3.8, 4) is 0 Å². The fourth-order valence-electron chi connectivity index (χ4n) is 1.72. The molecule has 0 fully saturated rings. The summed E-state index contributed by atoms with van der Waals surface area (Å²) < 4.78 is 0. The van der Waals surface area contributed by atoms with E-state index in [9.17, 15) is 4.79 Å². The van der Waals surface area contributed by atoms with E-state index in [1.165, 1.54) is 5.56 Å². The van der Waals surface area contributed by atoms with Gasteiger partial charge in [0, 0.05) is 24.8 Å². The summed E-state index contributed by atoms with van der Waals surface area (Å²) in [7, 11) is 0. The molecule has 0 spiro atoms. The van der Waals surface area contributed by atoms with Crippen molar-refractivity contribution in [3.63, 3.8) is 0 Å². The summed E-state index contributed by atoms with van der Waals surface area (Å²) in [6.45, 7) is 2.88. The zero-order chi connectivity index (χ0) is 13.7. The van der Waals surface area contributed by atoms with Crippen molar-refractivity contribution < 1.29 is 4.79 Å². The third-order valence-corrected chi connectivity index (χ3v) is 2.86. The maximum Gasteiger partial charge on any atom is 0.251 e. The fraction of sp³-hybridized carbons (Fsp3) is 0.200. The molecule has 1 amide bonds. The minimum atomic E-state index is -0.113. The van der Waals surface area contributed by atoms with Crippen LogP contribution in [0.5, 0.6) is 0 Å². The van der Waals surface area contributed by atoms with Gasteiger partial charge in [0.15, 0.2) is 0 Å². The van der Waals surface area contributed by atoms with Crippen LogP contribution in [-0.4, -0.2) is 10.9 Å². The smallest absolute Gasteiger partial charge is 0.251 e. The van der Waals surface area contributed by atoms with Gasteiger partial charge in [0.25, 0.3) is 5.91 Å². The predicted octanol–water partition coefficient (Wildman–Crippen LogP) is 1.78. The number of amides is 1. The van der Waals surface area contributed by atoms with E-state index >= 15 is 0 Å². The molecular weight excluding hydrogens is 238 g/mol. The Balaban J connectivity index is 1.99. The number of carbonyl (C=O) groups is 1. The Hall–Kier alpha value is -2.20. The van der Waals surface area contributed by atoms with E-state index < -0.39 is 0 Å². The summed E-state index contributed by atoms with van der Waals surface area (Å²) >= 11 is 0. The summed E-state index contributed by atoms with van der Waals surface area (Å²) in [6.07, 6.45) is 1.60. The number of nitrogens with zero attached hydrogens (tertiary/aromatic N) is 1. The molecule has 0 atom stereocenters. The average Bonchev–Trinajstić information content (AvgIpc) is 2.46. The average molecular weight is 255 g/mol. The number of rotatable bonds is 4. The molecule has 4 nitrogen and oxygen atoms in total. The first kappa shape index (κ1) is 13.2. The minimum Gasteiger partial charge on any atom is -0.348 e. The van der Waals surface area contributed by atoms with Crippen LogP contribution in [0.2, 0.25) is 0 Å². The zero-order valence-electron chi connectivity index (χ0n) is 10.9. The first-order valence-electron chi connectivity index (χ1n) is 6.18. The summed E-state index contributed by atoms with van der Waals surface area (Å²) in [5.74, 6) is -0.113. The Morgan fingerprint density at radius 2 is 2.00 bits per heavy atom. The normalized spacial score (nSPS) is 10.2. The van der Waals surface area contributed by atoms with Gasteiger partial charge >= 0.3 is 0 Å². The predicted molar refractivity (Wildman–Crippen MR) is 74.5 cm³/mol. The van der Waals surface area contributed by atoms with Crippen LogP contribution in [-0.2, 0) is 13.1 Å². The lowest BCUT2D eigenvalue weighted by atomic mass is 10.1. The summed E-state index contributed by atoms with van der Waals surface area (Å²) in [4.78, 5) is 16.0. The van der Waals surface area contributed by atoms with Gasteiger partial charge in [0.1, 0.15) is 0 Å². The fourth-order valence-corrected chi connectivity index (χ4v) is 1.72. The zero-order valence-corrected chi connectivity index (χ0v) is 10.9. The molecule has 1 heterocycles. The van der Waals surface area contributed by atoms with Crippen LogP contribution in [0.15, 0.2) is 42.6 Å². The van der Waals surface area contributed by atoms with Crippen LogP contribution in [0.4, 0.5) is 0 Å². The second-order valence-electron chi connectivity index (χ2n) is 4.41. The van der Waals surface area contributed by atoms with Gasteiger partial charge in [-0.1, -0.05) is 29.8 Å². The van der Waals surface area contributed by atoms with Gasteiger partial charge in [0.05, 0.1) is 5.69 Å². The van der Waals surface area contributed by atoms with E-state index in [2.05, 4.69) is 10.3 Å². The molecule has 0 saturated heterocycles. The summed E-state index contributed by atoms with van der Waals surface area (Å²) in [5, 5.41) is 2.88. The first-order valence-corrected chi connectivity index (χ1v) is 6.18. The Bertz CT molecular complexity index is 564. The molecule has 4 heteroatoms. The number of pyridine rings is 1. The van der Waals surface area contributed by atoms with Crippen LogP contribution < -0.4 is 11.1 Å². The number of aromatic nitrogens is 1. The monoisotopic (exact) mass is 255 g/mol. The van der Waals surface area contributed by atoms with Gasteiger partial charge in [-0.25, -0.2) is 0 Å². The molecular formula is C15H17N3O. The Morgan fingerprint density at radius 3 is 2.68 bits per heavy atom. The molecule has 3 N–H and O–H groups in total. The van der Waals surface area contributed by atoms with E-state index in [-0.39, 0.29) is 5.91 Å². The highest BCUT2D eigenvalue weighted by Gasteiger charge is 2.06. The maximum atomic E-state index is 12.0. The highest BCUT2D eigenvalue weighted by molar-refractivity contribution is 5.94. The molecule has 0 aliphatic rings. The topological polar surface area (TPSA) is 68.0 Å². The third kappa shape index (κ3) is 3.63. The first-order chi connectivity index (χ1) is 9.19. The molecule has 0 saturated carbocycles. The number of benzene rings is 1. The van der Waals surface area contributed by atoms with E-state index in [4.69, 9.17) is 5.73 Å². The number of carbonyl (C=O) groups excluding carboxylic acids is 1. The van der Waals surface area contributed by atoms with Crippen LogP contribution in [0, 0.1) is 6.92 Å². The van der Waals surface area contributed by atoms with Crippen molar-refractivity contribution in [2.45, 2.75) is 20.0 Å². The van der Waals surface area contributed by atoms with Crippen LogP contribution in [0.25, 0.3) is 0 Å². The minimum absolute atomic E-state index is 0.113. The SMILES string of the molecule is Cc1ccc(CNC(=O)c2ccnc(CN)c2)cc1. The lowest BCUT2D eigenvalue weighted by molar-refractivity contribution is 0.0950. The third-order valence-electron chi connectivity index (χ3n) is 2.86. The number of nitrogens with two attached hydrogens (primary N) is 1. The lowest BCUT2D eigenvalue weighted by Crippen LogP contribution is -2.23. The number of nitrogens with one attached hydrogen (secondary N) is 1. The molecule has 0 aliphatic carbocycles. The molecule has 19 heavy (non-hydrogen) atoms. The van der Waals surface area contributed by atoms with Crippen LogP contribution in [0.1, 0.15) is 27.2 Å². The molecule has 2 aromatic rings. The largest absolute Gasteiger partial charge is 0.348 e. The Morgan fingerprint density at radius 1 is 1.26 bits per heavy atom. The second-order valence-corrected chi connectivity index (χ2v) is 4.41. The second kappa shape index (κ2) is 6.11. The lowest BCUT2D eigenvalue weighted by Gasteiger charge is -2.06. The number of hydrogen-bond acceptors (Lipinski definition) is 3. The standard InChI is InChI=1S/C15H17N3O/c1-11-2-4-12(5-3-11)10-18-15(19)13-6-7-17-14(8-13)9-16/h2-8H,9-10,16H2,1H3,(H,18,19).